The molecule has 0 aliphatic heterocycles. The number of ether oxygens (including phenoxy) is 3. The van der Waals surface area contributed by atoms with Crippen LogP contribution in [0.1, 0.15) is 15.9 Å². The highest BCUT2D eigenvalue weighted by Gasteiger charge is 2.14. The molecule has 0 aliphatic rings. The van der Waals surface area contributed by atoms with Crippen molar-refractivity contribution < 1.29 is 27.8 Å². The highest BCUT2D eigenvalue weighted by Crippen LogP contribution is 2.34. The topological polar surface area (TPSA) is 56.8 Å². The van der Waals surface area contributed by atoms with E-state index in [0.717, 1.165) is 5.56 Å². The number of rotatable bonds is 8. The van der Waals surface area contributed by atoms with E-state index in [1.807, 2.05) is 0 Å². The van der Waals surface area contributed by atoms with Crippen molar-refractivity contribution in [3.8, 4) is 22.6 Å². The van der Waals surface area contributed by atoms with E-state index in [2.05, 4.69) is 10.1 Å². The van der Waals surface area contributed by atoms with Crippen LogP contribution in [0.2, 0.25) is 0 Å². The zero-order valence-electron chi connectivity index (χ0n) is 16.5. The Morgan fingerprint density at radius 3 is 2.27 bits per heavy atom. The van der Waals surface area contributed by atoms with Crippen molar-refractivity contribution in [1.29, 1.82) is 0 Å². The summed E-state index contributed by atoms with van der Waals surface area (Å²) in [5, 5.41) is 2.78. The number of nitrogens with one attached hydrogen (secondary N) is 1. The summed E-state index contributed by atoms with van der Waals surface area (Å²) in [5.74, 6) is 0.329. The van der Waals surface area contributed by atoms with Gasteiger partial charge >= 0.3 is 6.61 Å². The third-order valence-electron chi connectivity index (χ3n) is 4.38. The van der Waals surface area contributed by atoms with Gasteiger partial charge in [-0.15, -0.1) is 0 Å². The van der Waals surface area contributed by atoms with Crippen LogP contribution in [0.5, 0.6) is 11.5 Å². The van der Waals surface area contributed by atoms with Crippen molar-refractivity contribution in [1.82, 2.24) is 0 Å². The van der Waals surface area contributed by atoms with E-state index >= 15 is 0 Å². The van der Waals surface area contributed by atoms with Crippen molar-refractivity contribution in [3.05, 3.63) is 77.9 Å². The fraction of sp³-hybridized carbons (Fsp3) is 0.174. The van der Waals surface area contributed by atoms with Gasteiger partial charge < -0.3 is 19.5 Å². The molecular formula is C23H21F2NO4. The lowest BCUT2D eigenvalue weighted by Crippen LogP contribution is -2.12. The van der Waals surface area contributed by atoms with Crippen molar-refractivity contribution in [3.63, 3.8) is 0 Å². The monoisotopic (exact) mass is 413 g/mol. The van der Waals surface area contributed by atoms with Gasteiger partial charge in [-0.3, -0.25) is 4.79 Å². The molecule has 1 amide bonds. The van der Waals surface area contributed by atoms with Gasteiger partial charge in [-0.1, -0.05) is 24.3 Å². The summed E-state index contributed by atoms with van der Waals surface area (Å²) in [4.78, 5) is 12.6. The Labute approximate surface area is 173 Å². The van der Waals surface area contributed by atoms with Crippen LogP contribution in [0.3, 0.4) is 0 Å². The molecule has 0 fully saturated rings. The van der Waals surface area contributed by atoms with Crippen LogP contribution < -0.4 is 14.8 Å². The fourth-order valence-electron chi connectivity index (χ4n) is 2.92. The fourth-order valence-corrected chi connectivity index (χ4v) is 2.92. The molecular weight excluding hydrogens is 392 g/mol. The van der Waals surface area contributed by atoms with Gasteiger partial charge in [0.15, 0.2) is 0 Å². The van der Waals surface area contributed by atoms with E-state index in [-0.39, 0.29) is 11.7 Å². The molecule has 5 nitrogen and oxygen atoms in total. The second-order valence-corrected chi connectivity index (χ2v) is 6.40. The number of carbonyl (C=O) groups excluding carboxylic acids is 1. The molecule has 0 radical (unpaired) electrons. The first kappa shape index (κ1) is 21.3. The standard InChI is InChI=1S/C23H21F2NO4/c1-28-14-15-3-5-17(6-4-15)22(27)26-18-9-12-21(30-23(24)25)20(13-18)16-7-10-19(29-2)11-8-16/h3-13,23H,14H2,1-2H3,(H,26,27). The minimum atomic E-state index is -2.96. The minimum Gasteiger partial charge on any atom is -0.497 e. The molecule has 0 atom stereocenters. The van der Waals surface area contributed by atoms with Gasteiger partial charge in [0.05, 0.1) is 13.7 Å². The molecule has 7 heteroatoms. The van der Waals surface area contributed by atoms with Gasteiger partial charge in [0, 0.05) is 23.9 Å². The molecule has 3 aromatic rings. The molecule has 0 heterocycles. The summed E-state index contributed by atoms with van der Waals surface area (Å²) in [6.45, 7) is -2.51. The quantitative estimate of drug-likeness (QED) is 0.540. The van der Waals surface area contributed by atoms with Gasteiger partial charge in [-0.05, 0) is 53.6 Å². The second kappa shape index (κ2) is 9.84. The molecule has 0 saturated heterocycles. The minimum absolute atomic E-state index is 0.0112. The SMILES string of the molecule is COCc1ccc(C(=O)Nc2ccc(OC(F)F)c(-c3ccc(OC)cc3)c2)cc1. The average Bonchev–Trinajstić information content (AvgIpc) is 2.75. The number of methoxy groups -OCH3 is 2. The van der Waals surface area contributed by atoms with E-state index in [1.54, 1.807) is 61.7 Å². The van der Waals surface area contributed by atoms with Crippen LogP contribution in [0.15, 0.2) is 66.7 Å². The van der Waals surface area contributed by atoms with E-state index in [9.17, 15) is 13.6 Å². The Bertz CT molecular complexity index is 989. The zero-order valence-corrected chi connectivity index (χ0v) is 16.5. The van der Waals surface area contributed by atoms with Crippen molar-refractivity contribution in [2.75, 3.05) is 19.5 Å². The predicted molar refractivity (Wildman–Crippen MR) is 110 cm³/mol. The molecule has 30 heavy (non-hydrogen) atoms. The second-order valence-electron chi connectivity index (χ2n) is 6.40. The predicted octanol–water partition coefficient (Wildman–Crippen LogP) is 5.36. The molecule has 0 aliphatic carbocycles. The Kier molecular flexibility index (Phi) is 6.98. The van der Waals surface area contributed by atoms with Crippen LogP contribution >= 0.6 is 0 Å². The van der Waals surface area contributed by atoms with Crippen molar-refractivity contribution in [2.45, 2.75) is 13.2 Å². The Morgan fingerprint density at radius 2 is 1.67 bits per heavy atom. The van der Waals surface area contributed by atoms with E-state index in [4.69, 9.17) is 9.47 Å². The van der Waals surface area contributed by atoms with E-state index in [1.165, 1.54) is 19.2 Å². The first-order valence-electron chi connectivity index (χ1n) is 9.12. The summed E-state index contributed by atoms with van der Waals surface area (Å²) in [6, 6.07) is 18.4. The maximum absolute atomic E-state index is 12.8. The number of carbonyl (C=O) groups is 1. The Balaban J connectivity index is 1.86. The first-order chi connectivity index (χ1) is 14.5. The Hall–Kier alpha value is -3.45. The molecule has 0 spiro atoms. The van der Waals surface area contributed by atoms with Crippen LogP contribution in [0.25, 0.3) is 11.1 Å². The number of alkyl halides is 2. The highest BCUT2D eigenvalue weighted by atomic mass is 19.3. The molecule has 0 aromatic heterocycles. The lowest BCUT2D eigenvalue weighted by molar-refractivity contribution is -0.0494. The number of hydrogen-bond acceptors (Lipinski definition) is 4. The van der Waals surface area contributed by atoms with Crippen molar-refractivity contribution in [2.24, 2.45) is 0 Å². The van der Waals surface area contributed by atoms with Crippen LogP contribution in [-0.4, -0.2) is 26.7 Å². The van der Waals surface area contributed by atoms with Crippen LogP contribution in [-0.2, 0) is 11.3 Å². The number of halogens is 2. The first-order valence-corrected chi connectivity index (χ1v) is 9.12. The smallest absolute Gasteiger partial charge is 0.387 e. The zero-order chi connectivity index (χ0) is 21.5. The summed E-state index contributed by atoms with van der Waals surface area (Å²) in [6.07, 6.45) is 0. The van der Waals surface area contributed by atoms with Gasteiger partial charge in [0.25, 0.3) is 5.91 Å². The summed E-state index contributed by atoms with van der Waals surface area (Å²) in [5.41, 5.74) is 2.93. The number of benzene rings is 3. The maximum Gasteiger partial charge on any atom is 0.387 e. The van der Waals surface area contributed by atoms with Crippen molar-refractivity contribution >= 4 is 11.6 Å². The summed E-state index contributed by atoms with van der Waals surface area (Å²) >= 11 is 0. The molecule has 3 aromatic carbocycles. The third kappa shape index (κ3) is 5.33. The summed E-state index contributed by atoms with van der Waals surface area (Å²) < 4.78 is 40.5. The molecule has 0 bridgehead atoms. The Morgan fingerprint density at radius 1 is 0.967 bits per heavy atom. The van der Waals surface area contributed by atoms with Gasteiger partial charge in [0.1, 0.15) is 11.5 Å². The van der Waals surface area contributed by atoms with Gasteiger partial charge in [-0.25, -0.2) is 0 Å². The number of hydrogen-bond donors (Lipinski definition) is 1. The molecule has 0 saturated carbocycles. The van der Waals surface area contributed by atoms with E-state index in [0.29, 0.717) is 34.7 Å². The van der Waals surface area contributed by atoms with Crippen LogP contribution in [0.4, 0.5) is 14.5 Å². The lowest BCUT2D eigenvalue weighted by atomic mass is 10.0. The van der Waals surface area contributed by atoms with E-state index < -0.39 is 6.61 Å². The van der Waals surface area contributed by atoms with Crippen LogP contribution in [0, 0.1) is 0 Å². The van der Waals surface area contributed by atoms with Gasteiger partial charge in [0.2, 0.25) is 0 Å². The average molecular weight is 413 g/mol. The highest BCUT2D eigenvalue weighted by molar-refractivity contribution is 6.04. The number of amides is 1. The summed E-state index contributed by atoms with van der Waals surface area (Å²) in [7, 11) is 3.14. The lowest BCUT2D eigenvalue weighted by Gasteiger charge is -2.14. The molecule has 1 N–H and O–H groups in total. The molecule has 3 rings (SSSR count). The molecule has 156 valence electrons. The van der Waals surface area contributed by atoms with Gasteiger partial charge in [-0.2, -0.15) is 8.78 Å². The third-order valence-corrected chi connectivity index (χ3v) is 4.38. The maximum atomic E-state index is 12.8. The largest absolute Gasteiger partial charge is 0.497 e. The number of anilines is 1. The normalized spacial score (nSPS) is 10.7. The molecule has 0 unspecified atom stereocenters.